The molecule has 0 aliphatic rings. The van der Waals surface area contributed by atoms with E-state index in [1.54, 1.807) is 0 Å². The molecule has 0 saturated carbocycles. The van der Waals surface area contributed by atoms with Gasteiger partial charge in [0.05, 0.1) is 11.9 Å². The summed E-state index contributed by atoms with van der Waals surface area (Å²) in [6.07, 6.45) is 1.45. The highest BCUT2D eigenvalue weighted by Gasteiger charge is 2.13. The van der Waals surface area contributed by atoms with Crippen molar-refractivity contribution in [1.29, 1.82) is 0 Å². The number of aromatic hydroxyl groups is 1. The summed E-state index contributed by atoms with van der Waals surface area (Å²) in [5.41, 5.74) is 9.59. The molecule has 0 unspecified atom stereocenters. The van der Waals surface area contributed by atoms with Gasteiger partial charge in [-0.3, -0.25) is 4.98 Å². The Labute approximate surface area is 114 Å². The number of hydrogen-bond donors (Lipinski definition) is 2. The predicted molar refractivity (Wildman–Crippen MR) is 77.9 cm³/mol. The van der Waals surface area contributed by atoms with Crippen LogP contribution in [0.1, 0.15) is 31.9 Å². The third-order valence-corrected chi connectivity index (χ3v) is 3.23. The Morgan fingerprint density at radius 2 is 1.79 bits per heavy atom. The Kier molecular flexibility index (Phi) is 3.58. The minimum atomic E-state index is 0.142. The van der Waals surface area contributed by atoms with Crippen LogP contribution in [0, 0.1) is 0 Å². The largest absolute Gasteiger partial charge is 0.506 e. The van der Waals surface area contributed by atoms with E-state index in [0.717, 1.165) is 11.3 Å². The fourth-order valence-corrected chi connectivity index (χ4v) is 1.95. The van der Waals surface area contributed by atoms with Gasteiger partial charge in [0.15, 0.2) is 0 Å². The maximum absolute atomic E-state index is 9.59. The van der Waals surface area contributed by atoms with Gasteiger partial charge in [0.2, 0.25) is 0 Å². The van der Waals surface area contributed by atoms with Gasteiger partial charge in [-0.15, -0.1) is 0 Å². The molecule has 0 aliphatic heterocycles. The Hall–Kier alpha value is -1.87. The van der Waals surface area contributed by atoms with Crippen molar-refractivity contribution in [3.63, 3.8) is 0 Å². The first-order valence-electron chi connectivity index (χ1n) is 6.40. The van der Waals surface area contributed by atoms with Gasteiger partial charge < -0.3 is 10.8 Å². The highest BCUT2D eigenvalue weighted by molar-refractivity contribution is 5.61. The van der Waals surface area contributed by atoms with E-state index in [9.17, 15) is 5.11 Å². The number of nitrogens with two attached hydrogens (primary N) is 1. The SMILES string of the molecule is CC(C)(C)c1ccc(-c2cc(CN)c(O)cn2)cc1. The van der Waals surface area contributed by atoms with Gasteiger partial charge in [0.1, 0.15) is 5.75 Å². The van der Waals surface area contributed by atoms with E-state index in [4.69, 9.17) is 5.73 Å². The topological polar surface area (TPSA) is 59.1 Å². The van der Waals surface area contributed by atoms with Crippen LogP contribution in [-0.2, 0) is 12.0 Å². The molecule has 0 radical (unpaired) electrons. The molecule has 0 spiro atoms. The van der Waals surface area contributed by atoms with Crippen molar-refractivity contribution >= 4 is 0 Å². The lowest BCUT2D eigenvalue weighted by Crippen LogP contribution is -2.10. The van der Waals surface area contributed by atoms with Gasteiger partial charge in [0, 0.05) is 17.7 Å². The molecule has 3 nitrogen and oxygen atoms in total. The van der Waals surface area contributed by atoms with Crippen molar-refractivity contribution in [2.75, 3.05) is 0 Å². The highest BCUT2D eigenvalue weighted by atomic mass is 16.3. The van der Waals surface area contributed by atoms with E-state index >= 15 is 0 Å². The summed E-state index contributed by atoms with van der Waals surface area (Å²) < 4.78 is 0. The molecule has 0 amide bonds. The molecule has 100 valence electrons. The summed E-state index contributed by atoms with van der Waals surface area (Å²) >= 11 is 0. The van der Waals surface area contributed by atoms with Crippen LogP contribution < -0.4 is 5.73 Å². The lowest BCUT2D eigenvalue weighted by atomic mass is 9.86. The monoisotopic (exact) mass is 256 g/mol. The van der Waals surface area contributed by atoms with E-state index in [1.807, 2.05) is 6.07 Å². The highest BCUT2D eigenvalue weighted by Crippen LogP contribution is 2.27. The van der Waals surface area contributed by atoms with E-state index in [2.05, 4.69) is 50.0 Å². The molecule has 0 saturated heterocycles. The predicted octanol–water partition coefficient (Wildman–Crippen LogP) is 3.21. The second kappa shape index (κ2) is 5.02. The lowest BCUT2D eigenvalue weighted by molar-refractivity contribution is 0.466. The first-order valence-corrected chi connectivity index (χ1v) is 6.40. The normalized spacial score (nSPS) is 11.6. The smallest absolute Gasteiger partial charge is 0.138 e. The molecule has 2 rings (SSSR count). The molecule has 0 aliphatic carbocycles. The third kappa shape index (κ3) is 2.93. The standard InChI is InChI=1S/C16H20N2O/c1-16(2,3)13-6-4-11(5-7-13)14-8-12(9-17)15(19)10-18-14/h4-8,10,19H,9,17H2,1-3H3. The molecule has 1 aromatic carbocycles. The van der Waals surface area contributed by atoms with Crippen LogP contribution in [0.15, 0.2) is 36.5 Å². The van der Waals surface area contributed by atoms with Gasteiger partial charge in [-0.2, -0.15) is 0 Å². The van der Waals surface area contributed by atoms with Crippen molar-refractivity contribution in [2.24, 2.45) is 5.73 Å². The number of pyridine rings is 1. The van der Waals surface area contributed by atoms with Crippen molar-refractivity contribution < 1.29 is 5.11 Å². The minimum absolute atomic E-state index is 0.142. The summed E-state index contributed by atoms with van der Waals surface area (Å²) in [6.45, 7) is 6.87. The quantitative estimate of drug-likeness (QED) is 0.867. The molecule has 0 fully saturated rings. The van der Waals surface area contributed by atoms with Crippen LogP contribution in [-0.4, -0.2) is 10.1 Å². The van der Waals surface area contributed by atoms with Crippen LogP contribution in [0.2, 0.25) is 0 Å². The van der Waals surface area contributed by atoms with Crippen molar-refractivity contribution in [1.82, 2.24) is 4.98 Å². The van der Waals surface area contributed by atoms with Gasteiger partial charge in [-0.05, 0) is 17.0 Å². The summed E-state index contributed by atoms with van der Waals surface area (Å²) in [5.74, 6) is 0.151. The van der Waals surface area contributed by atoms with Crippen molar-refractivity contribution in [3.8, 4) is 17.0 Å². The molecule has 2 aromatic rings. The van der Waals surface area contributed by atoms with E-state index in [0.29, 0.717) is 12.1 Å². The van der Waals surface area contributed by atoms with Gasteiger partial charge in [-0.1, -0.05) is 45.0 Å². The van der Waals surface area contributed by atoms with Crippen LogP contribution in [0.25, 0.3) is 11.3 Å². The zero-order valence-electron chi connectivity index (χ0n) is 11.6. The zero-order chi connectivity index (χ0) is 14.0. The first-order chi connectivity index (χ1) is 8.91. The second-order valence-corrected chi connectivity index (χ2v) is 5.73. The number of benzene rings is 1. The molecule has 0 atom stereocenters. The summed E-state index contributed by atoms with van der Waals surface area (Å²) in [6, 6.07) is 10.2. The number of rotatable bonds is 2. The van der Waals surface area contributed by atoms with Crippen LogP contribution in [0.4, 0.5) is 0 Å². The number of aromatic nitrogens is 1. The molecular formula is C16H20N2O. The average Bonchev–Trinajstić information content (AvgIpc) is 2.38. The molecule has 3 heteroatoms. The molecule has 1 aromatic heterocycles. The van der Waals surface area contributed by atoms with Gasteiger partial charge >= 0.3 is 0 Å². The Morgan fingerprint density at radius 1 is 1.16 bits per heavy atom. The first kappa shape index (κ1) is 13.6. The maximum Gasteiger partial charge on any atom is 0.138 e. The van der Waals surface area contributed by atoms with Crippen molar-refractivity contribution in [2.45, 2.75) is 32.7 Å². The fourth-order valence-electron chi connectivity index (χ4n) is 1.95. The Balaban J connectivity index is 2.37. The third-order valence-electron chi connectivity index (χ3n) is 3.23. The summed E-state index contributed by atoms with van der Waals surface area (Å²) in [4.78, 5) is 4.24. The number of nitrogens with zero attached hydrogens (tertiary/aromatic N) is 1. The zero-order valence-corrected chi connectivity index (χ0v) is 11.6. The van der Waals surface area contributed by atoms with Crippen LogP contribution in [0.3, 0.4) is 0 Å². The Morgan fingerprint density at radius 3 is 2.32 bits per heavy atom. The molecular weight excluding hydrogens is 236 g/mol. The van der Waals surface area contributed by atoms with E-state index in [-0.39, 0.29) is 11.2 Å². The van der Waals surface area contributed by atoms with E-state index in [1.165, 1.54) is 11.8 Å². The van der Waals surface area contributed by atoms with Gasteiger partial charge in [0.25, 0.3) is 0 Å². The summed E-state index contributed by atoms with van der Waals surface area (Å²) in [7, 11) is 0. The second-order valence-electron chi connectivity index (χ2n) is 5.73. The molecule has 0 bridgehead atoms. The number of hydrogen-bond acceptors (Lipinski definition) is 3. The minimum Gasteiger partial charge on any atom is -0.506 e. The van der Waals surface area contributed by atoms with Crippen LogP contribution in [0.5, 0.6) is 5.75 Å². The fraction of sp³-hybridized carbons (Fsp3) is 0.312. The average molecular weight is 256 g/mol. The summed E-state index contributed by atoms with van der Waals surface area (Å²) in [5, 5.41) is 9.59. The van der Waals surface area contributed by atoms with Crippen LogP contribution >= 0.6 is 0 Å². The van der Waals surface area contributed by atoms with E-state index < -0.39 is 0 Å². The molecule has 3 N–H and O–H groups in total. The molecule has 19 heavy (non-hydrogen) atoms. The van der Waals surface area contributed by atoms with Crippen molar-refractivity contribution in [3.05, 3.63) is 47.7 Å². The molecule has 1 heterocycles. The lowest BCUT2D eigenvalue weighted by Gasteiger charge is -2.19. The maximum atomic E-state index is 9.59. The Bertz CT molecular complexity index is 568. The van der Waals surface area contributed by atoms with Gasteiger partial charge in [-0.25, -0.2) is 0 Å².